The van der Waals surface area contributed by atoms with Crippen LogP contribution in [-0.4, -0.2) is 89.9 Å². The van der Waals surface area contributed by atoms with Crippen LogP contribution in [0.25, 0.3) is 28.2 Å². The molecule has 1 aliphatic heterocycles. The van der Waals surface area contributed by atoms with Crippen molar-refractivity contribution < 1.29 is 33.7 Å². The molecule has 0 radical (unpaired) electrons. The molecule has 1 atom stereocenters. The van der Waals surface area contributed by atoms with Gasteiger partial charge in [0.1, 0.15) is 35.4 Å². The molecule has 2 amide bonds. The molecule has 6 aromatic rings. The molecule has 18 heteroatoms. The summed E-state index contributed by atoms with van der Waals surface area (Å²) in [6, 6.07) is 17.3. The zero-order valence-electron chi connectivity index (χ0n) is 37.2. The summed E-state index contributed by atoms with van der Waals surface area (Å²) in [4.78, 5) is 49.7. The summed E-state index contributed by atoms with van der Waals surface area (Å²) >= 11 is 12.8. The van der Waals surface area contributed by atoms with Crippen molar-refractivity contribution in [2.75, 3.05) is 31.6 Å². The molecule has 1 aliphatic rings. The van der Waals surface area contributed by atoms with Crippen molar-refractivity contribution in [3.05, 3.63) is 123 Å². The number of rotatable bonds is 16. The average molecular weight is 941 g/mol. The molecule has 0 bridgehead atoms. The van der Waals surface area contributed by atoms with Gasteiger partial charge in [0.25, 0.3) is 11.8 Å². The van der Waals surface area contributed by atoms with Crippen LogP contribution in [0.4, 0.5) is 10.2 Å². The number of pyridine rings is 1. The largest absolute Gasteiger partial charge is 0.508 e. The van der Waals surface area contributed by atoms with Gasteiger partial charge in [-0.15, -0.1) is 10.2 Å². The molecule has 0 aliphatic carbocycles. The predicted molar refractivity (Wildman–Crippen MR) is 251 cm³/mol. The van der Waals surface area contributed by atoms with E-state index >= 15 is 4.39 Å². The molecule has 1 saturated heterocycles. The van der Waals surface area contributed by atoms with Gasteiger partial charge >= 0.3 is 5.97 Å². The first-order chi connectivity index (χ1) is 31.6. The molecule has 66 heavy (non-hydrogen) atoms. The van der Waals surface area contributed by atoms with E-state index in [1.807, 2.05) is 33.8 Å². The number of ether oxygens (including phenoxy) is 1. The number of piperidine rings is 1. The number of anilines is 1. The van der Waals surface area contributed by atoms with E-state index in [1.165, 1.54) is 16.7 Å². The summed E-state index contributed by atoms with van der Waals surface area (Å²) in [5.41, 5.74) is 3.72. The Hall–Kier alpha value is -6.49. The van der Waals surface area contributed by atoms with Gasteiger partial charge in [0.05, 0.1) is 28.2 Å². The van der Waals surface area contributed by atoms with E-state index in [0.29, 0.717) is 76.2 Å². The topological polar surface area (TPSA) is 200 Å². The molecule has 346 valence electrons. The highest BCUT2D eigenvalue weighted by molar-refractivity contribution is 6.33. The highest BCUT2D eigenvalue weighted by atomic mass is 35.5. The third-order valence-electron chi connectivity index (χ3n) is 11.3. The second-order valence-electron chi connectivity index (χ2n) is 16.8. The van der Waals surface area contributed by atoms with Gasteiger partial charge < -0.3 is 35.9 Å². The Balaban J connectivity index is 0.996. The monoisotopic (exact) mass is 939 g/mol. The second-order valence-corrected chi connectivity index (χ2v) is 17.7. The molecule has 0 saturated carbocycles. The number of nitrogens with zero attached hydrogens (tertiary/aromatic N) is 5. The summed E-state index contributed by atoms with van der Waals surface area (Å²) < 4.78 is 23.3. The number of H-pyrrole nitrogens is 1. The Morgan fingerprint density at radius 2 is 1.71 bits per heavy atom. The van der Waals surface area contributed by atoms with Crippen molar-refractivity contribution in [1.29, 1.82) is 0 Å². The van der Waals surface area contributed by atoms with Gasteiger partial charge in [-0.05, 0) is 106 Å². The van der Waals surface area contributed by atoms with Gasteiger partial charge in [-0.1, -0.05) is 55.2 Å². The fraction of sp³-hybridized carbons (Fsp3) is 0.333. The van der Waals surface area contributed by atoms with Crippen molar-refractivity contribution in [2.45, 2.75) is 72.0 Å². The lowest BCUT2D eigenvalue weighted by Crippen LogP contribution is -2.38. The van der Waals surface area contributed by atoms with Gasteiger partial charge in [0.15, 0.2) is 5.82 Å². The number of benzene rings is 3. The predicted octanol–water partition coefficient (Wildman–Crippen LogP) is 8.80. The van der Waals surface area contributed by atoms with Gasteiger partial charge in [-0.25, -0.2) is 9.37 Å². The molecule has 3 aromatic carbocycles. The van der Waals surface area contributed by atoms with Crippen LogP contribution < -0.4 is 16.0 Å². The molecule has 3 aromatic heterocycles. The number of nitrogens with one attached hydrogen (secondary N) is 4. The highest BCUT2D eigenvalue weighted by Crippen LogP contribution is 2.39. The van der Waals surface area contributed by atoms with Crippen LogP contribution in [-0.2, 0) is 16.1 Å². The number of aromatic hydroxyl groups is 2. The Bertz CT molecular complexity index is 2730. The first kappa shape index (κ1) is 47.5. The van der Waals surface area contributed by atoms with Gasteiger partial charge in [-0.3, -0.25) is 23.9 Å². The van der Waals surface area contributed by atoms with Crippen LogP contribution >= 0.6 is 23.2 Å². The molecular weight excluding hydrogens is 888 g/mol. The van der Waals surface area contributed by atoms with E-state index in [0.717, 1.165) is 0 Å². The molecule has 4 heterocycles. The SMILES string of the molecule is CCNC(=O)c1nnc(-c2cc(C(C)C)c(O)cc2O)n1-c1ccc(CN2CCC(C(=O)OC[C@@H](NC(=O)c3cc(-c4cc(NC(C)C)ncc4Cl)c[nH]3)c3cccc(Cl)c3)CC2)c(F)c1. The number of carbonyl (C=O) groups excluding carboxylic acids is 3. The number of esters is 1. The maximum atomic E-state index is 16.0. The summed E-state index contributed by atoms with van der Waals surface area (Å²) in [7, 11) is 0. The van der Waals surface area contributed by atoms with E-state index in [4.69, 9.17) is 27.9 Å². The number of phenolic OH excluding ortho intramolecular Hbond substituents is 2. The highest BCUT2D eigenvalue weighted by Gasteiger charge is 2.30. The number of hydrogen-bond acceptors (Lipinski definition) is 11. The van der Waals surface area contributed by atoms with Crippen LogP contribution in [0, 0.1) is 11.7 Å². The Morgan fingerprint density at radius 1 is 0.939 bits per heavy atom. The molecule has 1 fully saturated rings. The number of aromatic nitrogens is 5. The summed E-state index contributed by atoms with van der Waals surface area (Å²) in [5.74, 6) is -2.17. The Morgan fingerprint density at radius 3 is 2.41 bits per heavy atom. The summed E-state index contributed by atoms with van der Waals surface area (Å²) in [5, 5.41) is 39.5. The van der Waals surface area contributed by atoms with Gasteiger partial charge in [-0.2, -0.15) is 0 Å². The van der Waals surface area contributed by atoms with E-state index in [9.17, 15) is 24.6 Å². The summed E-state index contributed by atoms with van der Waals surface area (Å²) in [6.45, 7) is 10.9. The first-order valence-corrected chi connectivity index (χ1v) is 22.5. The number of aromatic amines is 1. The molecule has 0 spiro atoms. The van der Waals surface area contributed by atoms with E-state index in [2.05, 4.69) is 41.0 Å². The van der Waals surface area contributed by atoms with Crippen LogP contribution in [0.15, 0.2) is 79.1 Å². The minimum absolute atomic E-state index is 0.0910. The summed E-state index contributed by atoms with van der Waals surface area (Å²) in [6.07, 6.45) is 4.19. The maximum Gasteiger partial charge on any atom is 0.309 e. The lowest BCUT2D eigenvalue weighted by Gasteiger charge is -2.31. The molecular formula is C48H52Cl2FN9O6. The second kappa shape index (κ2) is 20.8. The lowest BCUT2D eigenvalue weighted by molar-refractivity contribution is -0.151. The third kappa shape index (κ3) is 10.9. The van der Waals surface area contributed by atoms with Crippen molar-refractivity contribution in [3.8, 4) is 39.7 Å². The minimum Gasteiger partial charge on any atom is -0.508 e. The van der Waals surface area contributed by atoms with E-state index in [1.54, 1.807) is 67.8 Å². The zero-order chi connectivity index (χ0) is 47.2. The number of likely N-dealkylation sites (tertiary alicyclic amines) is 1. The number of amides is 2. The van der Waals surface area contributed by atoms with Gasteiger partial charge in [0, 0.05) is 59.3 Å². The van der Waals surface area contributed by atoms with E-state index in [-0.39, 0.29) is 65.2 Å². The zero-order valence-corrected chi connectivity index (χ0v) is 38.7. The molecule has 7 rings (SSSR count). The van der Waals surface area contributed by atoms with E-state index < -0.39 is 35.6 Å². The fourth-order valence-electron chi connectivity index (χ4n) is 7.88. The van der Waals surface area contributed by atoms with Crippen molar-refractivity contribution in [3.63, 3.8) is 0 Å². The minimum atomic E-state index is -0.722. The van der Waals surface area contributed by atoms with Crippen LogP contribution in [0.5, 0.6) is 11.5 Å². The third-order valence-corrected chi connectivity index (χ3v) is 11.8. The molecule has 0 unspecified atom stereocenters. The lowest BCUT2D eigenvalue weighted by atomic mass is 9.96. The normalized spacial score (nSPS) is 13.8. The fourth-order valence-corrected chi connectivity index (χ4v) is 8.29. The number of phenols is 2. The Labute approximate surface area is 391 Å². The number of halogens is 3. The average Bonchev–Trinajstić information content (AvgIpc) is 3.95. The maximum absolute atomic E-state index is 16.0. The molecule has 6 N–H and O–H groups in total. The number of hydrogen-bond donors (Lipinski definition) is 6. The van der Waals surface area contributed by atoms with Crippen LogP contribution in [0.2, 0.25) is 10.0 Å². The standard InChI is InChI=1S/C48H52Cl2FN9O6/c1-6-52-47(64)45-58-57-44(36-19-34(26(2)3)41(61)21-42(36)62)60(45)33-11-10-30(38(51)18-33)24-59-14-12-28(13-15-59)48(65)66-25-40(29-8-7-9-32(49)16-29)56-46(63)39-17-31(22-53-39)35-20-43(55-27(4)5)54-23-37(35)50/h7-11,16-23,26-28,40,53,61-62H,6,12-15,24-25H2,1-5H3,(H,52,64)(H,54,55)(H,56,63)/t40-/m1/s1. The van der Waals surface area contributed by atoms with Crippen molar-refractivity contribution in [2.24, 2.45) is 5.92 Å². The van der Waals surface area contributed by atoms with Crippen LogP contribution in [0.1, 0.15) is 97.2 Å². The Kier molecular flexibility index (Phi) is 14.9. The molecule has 15 nitrogen and oxygen atoms in total. The van der Waals surface area contributed by atoms with Crippen molar-refractivity contribution >= 4 is 46.8 Å². The quantitative estimate of drug-likeness (QED) is 0.0507. The smallest absolute Gasteiger partial charge is 0.309 e. The van der Waals surface area contributed by atoms with Gasteiger partial charge in [0.2, 0.25) is 5.82 Å². The first-order valence-electron chi connectivity index (χ1n) is 21.7. The van der Waals surface area contributed by atoms with Crippen molar-refractivity contribution in [1.82, 2.24) is 40.3 Å². The van der Waals surface area contributed by atoms with Crippen LogP contribution in [0.3, 0.4) is 0 Å². The number of carbonyl (C=O) groups is 3.